The second-order valence-electron chi connectivity index (χ2n) is 4.06. The van der Waals surface area contributed by atoms with E-state index in [9.17, 15) is 0 Å². The Balaban J connectivity index is 2.25. The molecule has 7 heteroatoms. The molecule has 2 aromatic rings. The molecule has 0 aliphatic heterocycles. The van der Waals surface area contributed by atoms with E-state index >= 15 is 0 Å². The van der Waals surface area contributed by atoms with Gasteiger partial charge in [0, 0.05) is 17.7 Å². The summed E-state index contributed by atoms with van der Waals surface area (Å²) >= 11 is 0. The molecular weight excluding hydrogens is 261 g/mol. The highest BCUT2D eigenvalue weighted by Gasteiger charge is 2.11. The van der Waals surface area contributed by atoms with Crippen LogP contribution in [0.3, 0.4) is 0 Å². The molecular formula is C12H17N5OP+. The van der Waals surface area contributed by atoms with Crippen molar-refractivity contribution in [2.24, 2.45) is 0 Å². The van der Waals surface area contributed by atoms with Gasteiger partial charge in [0.05, 0.1) is 6.26 Å². The van der Waals surface area contributed by atoms with Gasteiger partial charge < -0.3 is 10.6 Å². The molecule has 2 N–H and O–H groups in total. The zero-order valence-electron chi connectivity index (χ0n) is 10.9. The van der Waals surface area contributed by atoms with Crippen molar-refractivity contribution in [2.75, 3.05) is 5.84 Å². The van der Waals surface area contributed by atoms with E-state index in [4.69, 9.17) is 10.6 Å². The number of aryl methyl sites for hydroxylation is 1. The van der Waals surface area contributed by atoms with Crippen LogP contribution in [0.15, 0.2) is 36.1 Å². The van der Waals surface area contributed by atoms with E-state index in [1.807, 2.05) is 31.5 Å². The third kappa shape index (κ3) is 3.29. The maximum Gasteiger partial charge on any atom is 0.340 e. The SMILES string of the molecule is CC[n+]1ccc(-c2nc(O/C=C(\C)P)n(N)n2)cc1. The van der Waals surface area contributed by atoms with Crippen molar-refractivity contribution in [3.05, 3.63) is 36.1 Å². The first kappa shape index (κ1) is 13.5. The Kier molecular flexibility index (Phi) is 4.12. The van der Waals surface area contributed by atoms with E-state index in [0.717, 1.165) is 22.2 Å². The minimum absolute atomic E-state index is 0.254. The van der Waals surface area contributed by atoms with Crippen molar-refractivity contribution in [3.63, 3.8) is 0 Å². The van der Waals surface area contributed by atoms with Gasteiger partial charge in [0.2, 0.25) is 0 Å². The van der Waals surface area contributed by atoms with Gasteiger partial charge in [-0.2, -0.15) is 4.98 Å². The molecule has 100 valence electrons. The molecule has 2 rings (SSSR count). The second kappa shape index (κ2) is 5.80. The Labute approximate surface area is 114 Å². The molecule has 0 aromatic carbocycles. The zero-order valence-corrected chi connectivity index (χ0v) is 12.1. The molecule has 0 saturated carbocycles. The highest BCUT2D eigenvalue weighted by molar-refractivity contribution is 7.22. The first-order chi connectivity index (χ1) is 9.10. The van der Waals surface area contributed by atoms with E-state index in [2.05, 4.69) is 30.8 Å². The largest absolute Gasteiger partial charge is 0.431 e. The van der Waals surface area contributed by atoms with Crippen LogP contribution in [0.2, 0.25) is 0 Å². The van der Waals surface area contributed by atoms with Crippen LogP contribution in [-0.4, -0.2) is 14.9 Å². The number of allylic oxidation sites excluding steroid dienone is 1. The van der Waals surface area contributed by atoms with Gasteiger partial charge in [-0.25, -0.2) is 4.57 Å². The van der Waals surface area contributed by atoms with Crippen LogP contribution in [-0.2, 0) is 6.54 Å². The number of hydrogen-bond donors (Lipinski definition) is 1. The van der Waals surface area contributed by atoms with Gasteiger partial charge in [0.1, 0.15) is 6.54 Å². The molecule has 6 nitrogen and oxygen atoms in total. The third-order valence-electron chi connectivity index (χ3n) is 2.46. The van der Waals surface area contributed by atoms with E-state index in [-0.39, 0.29) is 6.01 Å². The molecule has 2 heterocycles. The van der Waals surface area contributed by atoms with Crippen LogP contribution < -0.4 is 15.1 Å². The lowest BCUT2D eigenvalue weighted by atomic mass is 10.2. The van der Waals surface area contributed by atoms with E-state index in [1.165, 1.54) is 0 Å². The van der Waals surface area contributed by atoms with Crippen molar-refractivity contribution >= 4 is 9.24 Å². The maximum atomic E-state index is 5.70. The zero-order chi connectivity index (χ0) is 13.8. The summed E-state index contributed by atoms with van der Waals surface area (Å²) in [7, 11) is 2.52. The summed E-state index contributed by atoms with van der Waals surface area (Å²) in [5.74, 6) is 6.24. The smallest absolute Gasteiger partial charge is 0.340 e. The summed E-state index contributed by atoms with van der Waals surface area (Å²) in [6.45, 7) is 4.89. The Hall–Kier alpha value is -1.94. The molecule has 0 saturated heterocycles. The molecule has 2 aromatic heterocycles. The minimum atomic E-state index is 0.254. The van der Waals surface area contributed by atoms with E-state index in [0.29, 0.717) is 5.82 Å². The number of nitrogens with two attached hydrogens (primary N) is 1. The van der Waals surface area contributed by atoms with Gasteiger partial charge in [0.15, 0.2) is 18.2 Å². The molecule has 1 atom stereocenters. The fourth-order valence-corrected chi connectivity index (χ4v) is 1.54. The van der Waals surface area contributed by atoms with Crippen molar-refractivity contribution in [3.8, 4) is 17.4 Å². The van der Waals surface area contributed by atoms with Crippen LogP contribution in [0.1, 0.15) is 13.8 Å². The number of nitrogen functional groups attached to an aromatic ring is 1. The number of rotatable bonds is 4. The van der Waals surface area contributed by atoms with Crippen LogP contribution in [0.25, 0.3) is 11.4 Å². The lowest BCUT2D eigenvalue weighted by molar-refractivity contribution is -0.693. The quantitative estimate of drug-likeness (QED) is 0.393. The third-order valence-corrected chi connectivity index (χ3v) is 2.60. The molecule has 0 fully saturated rings. The molecule has 0 spiro atoms. The summed E-state index contributed by atoms with van der Waals surface area (Å²) in [4.78, 5) is 5.37. The first-order valence-electron chi connectivity index (χ1n) is 5.90. The summed E-state index contributed by atoms with van der Waals surface area (Å²) in [5, 5.41) is 5.07. The van der Waals surface area contributed by atoms with E-state index < -0.39 is 0 Å². The number of ether oxygens (including phenoxy) is 1. The summed E-state index contributed by atoms with van der Waals surface area (Å²) in [6, 6.07) is 4.14. The maximum absolute atomic E-state index is 5.70. The lowest BCUT2D eigenvalue weighted by Gasteiger charge is -1.96. The van der Waals surface area contributed by atoms with Gasteiger partial charge in [-0.15, -0.1) is 19.1 Å². The highest BCUT2D eigenvalue weighted by Crippen LogP contribution is 2.17. The molecule has 19 heavy (non-hydrogen) atoms. The fourth-order valence-electron chi connectivity index (χ4n) is 1.47. The predicted molar refractivity (Wildman–Crippen MR) is 75.6 cm³/mol. The van der Waals surface area contributed by atoms with Crippen LogP contribution in [0, 0.1) is 0 Å². The molecule has 0 aliphatic carbocycles. The van der Waals surface area contributed by atoms with Crippen molar-refractivity contribution in [1.29, 1.82) is 0 Å². The highest BCUT2D eigenvalue weighted by atomic mass is 31.0. The standard InChI is InChI=1S/C12H17N5OP/c1-3-16-6-4-10(5-7-16)11-14-12(17(13)15-11)18-8-9(2)19/h4-8H,3,19H2,1-2H3,(H2,13,15)/q+1/b9-8+. The first-order valence-corrected chi connectivity index (χ1v) is 6.48. The Bertz CT molecular complexity index is 587. The van der Waals surface area contributed by atoms with Gasteiger partial charge in [-0.05, 0) is 19.2 Å². The van der Waals surface area contributed by atoms with Crippen molar-refractivity contribution < 1.29 is 9.30 Å². The van der Waals surface area contributed by atoms with Gasteiger partial charge in [-0.3, -0.25) is 0 Å². The molecule has 0 aliphatic rings. The minimum Gasteiger partial charge on any atom is -0.431 e. The molecule has 0 bridgehead atoms. The number of nitrogens with zero attached hydrogens (tertiary/aromatic N) is 4. The van der Waals surface area contributed by atoms with Gasteiger partial charge in [-0.1, -0.05) is 0 Å². The van der Waals surface area contributed by atoms with E-state index in [1.54, 1.807) is 6.26 Å². The fraction of sp³-hybridized carbons (Fsp3) is 0.250. The summed E-state index contributed by atoms with van der Waals surface area (Å²) < 4.78 is 7.38. The summed E-state index contributed by atoms with van der Waals surface area (Å²) in [5.41, 5.74) is 0.894. The topological polar surface area (TPSA) is 69.8 Å². The summed E-state index contributed by atoms with van der Waals surface area (Å²) in [6.07, 6.45) is 5.50. The van der Waals surface area contributed by atoms with Crippen LogP contribution in [0.4, 0.5) is 0 Å². The molecule has 0 amide bonds. The lowest BCUT2D eigenvalue weighted by Crippen LogP contribution is -2.30. The average molecular weight is 278 g/mol. The number of aromatic nitrogens is 4. The second-order valence-corrected chi connectivity index (χ2v) is 4.97. The van der Waals surface area contributed by atoms with Crippen molar-refractivity contribution in [2.45, 2.75) is 20.4 Å². The molecule has 1 unspecified atom stereocenters. The van der Waals surface area contributed by atoms with Crippen LogP contribution >= 0.6 is 9.24 Å². The predicted octanol–water partition coefficient (Wildman–Crippen LogP) is 1.08. The molecule has 0 radical (unpaired) electrons. The monoisotopic (exact) mass is 278 g/mol. The Morgan fingerprint density at radius 2 is 2.21 bits per heavy atom. The normalized spacial score (nSPS) is 11.6. The Morgan fingerprint density at radius 1 is 1.53 bits per heavy atom. The average Bonchev–Trinajstić information content (AvgIpc) is 2.78. The van der Waals surface area contributed by atoms with Crippen LogP contribution in [0.5, 0.6) is 6.01 Å². The number of hydrogen-bond acceptors (Lipinski definition) is 4. The van der Waals surface area contributed by atoms with Crippen molar-refractivity contribution in [1.82, 2.24) is 14.9 Å². The Morgan fingerprint density at radius 3 is 2.79 bits per heavy atom. The van der Waals surface area contributed by atoms with Gasteiger partial charge >= 0.3 is 6.01 Å². The van der Waals surface area contributed by atoms with Gasteiger partial charge in [0.25, 0.3) is 0 Å². The number of pyridine rings is 1.